The van der Waals surface area contributed by atoms with Gasteiger partial charge in [-0.05, 0) is 43.4 Å². The molecule has 70 valence electrons. The number of aliphatic hydroxyl groups excluding tert-OH is 2. The molecule has 2 bridgehead atoms. The quantitative estimate of drug-likeness (QED) is 0.573. The predicted molar refractivity (Wildman–Crippen MR) is 46.6 cm³/mol. The van der Waals surface area contributed by atoms with E-state index in [1.807, 2.05) is 0 Å². The summed E-state index contributed by atoms with van der Waals surface area (Å²) in [5.41, 5.74) is 0. The molecule has 0 spiro atoms. The molecule has 0 amide bonds. The summed E-state index contributed by atoms with van der Waals surface area (Å²) in [6.45, 7) is 2.18. The highest BCUT2D eigenvalue weighted by Crippen LogP contribution is 2.44. The van der Waals surface area contributed by atoms with Crippen LogP contribution in [-0.2, 0) is 0 Å². The van der Waals surface area contributed by atoms with Crippen LogP contribution in [0, 0.1) is 17.8 Å². The molecular weight excluding hydrogens is 152 g/mol. The minimum absolute atomic E-state index is 0.0938. The third-order valence-corrected chi connectivity index (χ3v) is 3.93. The lowest BCUT2D eigenvalue weighted by Gasteiger charge is -2.46. The molecule has 4 atom stereocenters. The Morgan fingerprint density at radius 3 is 1.67 bits per heavy atom. The number of aliphatic hydroxyl groups is 2. The molecule has 0 aliphatic heterocycles. The molecule has 0 aromatic heterocycles. The third-order valence-electron chi connectivity index (χ3n) is 3.93. The fourth-order valence-electron chi connectivity index (χ4n) is 3.08. The van der Waals surface area contributed by atoms with Gasteiger partial charge in [0.15, 0.2) is 0 Å². The fraction of sp³-hybridized carbons (Fsp3) is 1.00. The van der Waals surface area contributed by atoms with E-state index in [9.17, 15) is 10.2 Å². The van der Waals surface area contributed by atoms with Crippen LogP contribution in [0.5, 0.6) is 0 Å². The molecule has 0 radical (unpaired) electrons. The average molecular weight is 170 g/mol. The Hall–Kier alpha value is -0.0800. The van der Waals surface area contributed by atoms with Gasteiger partial charge in [0, 0.05) is 0 Å². The summed E-state index contributed by atoms with van der Waals surface area (Å²) in [5.74, 6) is 1.46. The summed E-state index contributed by atoms with van der Waals surface area (Å²) in [7, 11) is 0. The first-order valence-corrected chi connectivity index (χ1v) is 5.06. The molecule has 0 saturated heterocycles. The van der Waals surface area contributed by atoms with Crippen LogP contribution in [0.1, 0.15) is 32.6 Å². The van der Waals surface area contributed by atoms with Crippen LogP contribution in [0.15, 0.2) is 0 Å². The van der Waals surface area contributed by atoms with Gasteiger partial charge in [-0.15, -0.1) is 0 Å². The second-order valence-electron chi connectivity index (χ2n) is 4.48. The SMILES string of the molecule is CC1C2CCC(O)C1CCC2O. The number of rotatable bonds is 0. The van der Waals surface area contributed by atoms with E-state index in [4.69, 9.17) is 0 Å². The van der Waals surface area contributed by atoms with Gasteiger partial charge in [0.1, 0.15) is 0 Å². The van der Waals surface area contributed by atoms with E-state index in [1.165, 1.54) is 0 Å². The first kappa shape index (κ1) is 8.52. The van der Waals surface area contributed by atoms with Gasteiger partial charge in [-0.1, -0.05) is 6.92 Å². The summed E-state index contributed by atoms with van der Waals surface area (Å²) in [6, 6.07) is 0. The molecule has 2 N–H and O–H groups in total. The Balaban J connectivity index is 2.12. The van der Waals surface area contributed by atoms with E-state index >= 15 is 0 Å². The standard InChI is InChI=1S/C10H18O2/c1-6-7-2-4-9(11)8(6)3-5-10(7)12/h6-12H,2-5H2,1H3. The predicted octanol–water partition coefficient (Wildman–Crippen LogP) is 1.16. The minimum Gasteiger partial charge on any atom is -0.393 e. The minimum atomic E-state index is -0.0938. The van der Waals surface area contributed by atoms with Crippen LogP contribution < -0.4 is 0 Å². The van der Waals surface area contributed by atoms with Gasteiger partial charge < -0.3 is 10.2 Å². The zero-order valence-electron chi connectivity index (χ0n) is 7.61. The highest BCUT2D eigenvalue weighted by atomic mass is 16.3. The van der Waals surface area contributed by atoms with E-state index < -0.39 is 0 Å². The first-order valence-electron chi connectivity index (χ1n) is 5.06. The Bertz CT molecular complexity index is 151. The second-order valence-corrected chi connectivity index (χ2v) is 4.48. The molecule has 0 aromatic rings. The summed E-state index contributed by atoms with van der Waals surface area (Å²) in [6.07, 6.45) is 3.64. The van der Waals surface area contributed by atoms with Gasteiger partial charge in [-0.2, -0.15) is 0 Å². The van der Waals surface area contributed by atoms with Crippen LogP contribution in [0.4, 0.5) is 0 Å². The molecule has 2 nitrogen and oxygen atoms in total. The number of fused-ring (bicyclic) bond motifs is 2. The van der Waals surface area contributed by atoms with Crippen LogP contribution in [-0.4, -0.2) is 22.4 Å². The van der Waals surface area contributed by atoms with Crippen molar-refractivity contribution in [1.29, 1.82) is 0 Å². The molecule has 2 saturated carbocycles. The normalized spacial score (nSPS) is 53.8. The van der Waals surface area contributed by atoms with Gasteiger partial charge in [0.25, 0.3) is 0 Å². The molecule has 2 rings (SSSR count). The van der Waals surface area contributed by atoms with Crippen molar-refractivity contribution in [2.75, 3.05) is 0 Å². The van der Waals surface area contributed by atoms with Gasteiger partial charge in [-0.3, -0.25) is 0 Å². The maximum atomic E-state index is 9.70. The Morgan fingerprint density at radius 1 is 0.833 bits per heavy atom. The Labute approximate surface area is 73.6 Å². The molecule has 4 unspecified atom stereocenters. The topological polar surface area (TPSA) is 40.5 Å². The zero-order valence-corrected chi connectivity index (χ0v) is 7.61. The molecule has 2 heteroatoms. The summed E-state index contributed by atoms with van der Waals surface area (Å²) >= 11 is 0. The van der Waals surface area contributed by atoms with Crippen molar-refractivity contribution in [3.63, 3.8) is 0 Å². The lowest BCUT2D eigenvalue weighted by molar-refractivity contribution is -0.0764. The summed E-state index contributed by atoms with van der Waals surface area (Å²) in [4.78, 5) is 0. The summed E-state index contributed by atoms with van der Waals surface area (Å²) in [5, 5.41) is 19.4. The van der Waals surface area contributed by atoms with Crippen molar-refractivity contribution in [3.8, 4) is 0 Å². The fourth-order valence-corrected chi connectivity index (χ4v) is 3.08. The van der Waals surface area contributed by atoms with Gasteiger partial charge in [0.2, 0.25) is 0 Å². The van der Waals surface area contributed by atoms with Crippen molar-refractivity contribution in [3.05, 3.63) is 0 Å². The van der Waals surface area contributed by atoms with Gasteiger partial charge in [-0.25, -0.2) is 0 Å². The Kier molecular flexibility index (Phi) is 2.13. The summed E-state index contributed by atoms with van der Waals surface area (Å²) < 4.78 is 0. The van der Waals surface area contributed by atoms with Crippen molar-refractivity contribution in [1.82, 2.24) is 0 Å². The maximum absolute atomic E-state index is 9.70. The monoisotopic (exact) mass is 170 g/mol. The Morgan fingerprint density at radius 2 is 1.25 bits per heavy atom. The molecular formula is C10H18O2. The number of hydrogen-bond acceptors (Lipinski definition) is 2. The van der Waals surface area contributed by atoms with Crippen molar-refractivity contribution < 1.29 is 10.2 Å². The second kappa shape index (κ2) is 3.00. The lowest BCUT2D eigenvalue weighted by atomic mass is 9.63. The smallest absolute Gasteiger partial charge is 0.0571 e. The van der Waals surface area contributed by atoms with E-state index in [-0.39, 0.29) is 12.2 Å². The molecule has 12 heavy (non-hydrogen) atoms. The third kappa shape index (κ3) is 1.17. The first-order chi connectivity index (χ1) is 5.70. The van der Waals surface area contributed by atoms with Crippen LogP contribution in [0.3, 0.4) is 0 Å². The van der Waals surface area contributed by atoms with E-state index in [1.54, 1.807) is 0 Å². The van der Waals surface area contributed by atoms with E-state index in [2.05, 4.69) is 6.92 Å². The van der Waals surface area contributed by atoms with Crippen molar-refractivity contribution >= 4 is 0 Å². The molecule has 2 aliphatic rings. The molecule has 0 aromatic carbocycles. The van der Waals surface area contributed by atoms with E-state index in [0.717, 1.165) is 25.7 Å². The number of hydrogen-bond donors (Lipinski definition) is 2. The lowest BCUT2D eigenvalue weighted by Crippen LogP contribution is -2.45. The van der Waals surface area contributed by atoms with Crippen LogP contribution >= 0.6 is 0 Å². The van der Waals surface area contributed by atoms with Crippen LogP contribution in [0.25, 0.3) is 0 Å². The van der Waals surface area contributed by atoms with Crippen molar-refractivity contribution in [2.24, 2.45) is 17.8 Å². The maximum Gasteiger partial charge on any atom is 0.0571 e. The highest BCUT2D eigenvalue weighted by Gasteiger charge is 2.42. The molecule has 0 heterocycles. The van der Waals surface area contributed by atoms with Crippen LogP contribution in [0.2, 0.25) is 0 Å². The van der Waals surface area contributed by atoms with Gasteiger partial charge >= 0.3 is 0 Å². The average Bonchev–Trinajstić information content (AvgIpc) is 2.01. The van der Waals surface area contributed by atoms with E-state index in [0.29, 0.717) is 17.8 Å². The largest absolute Gasteiger partial charge is 0.393 e. The van der Waals surface area contributed by atoms with Gasteiger partial charge in [0.05, 0.1) is 12.2 Å². The van der Waals surface area contributed by atoms with Crippen molar-refractivity contribution in [2.45, 2.75) is 44.8 Å². The molecule has 2 aliphatic carbocycles. The molecule has 2 fully saturated rings. The highest BCUT2D eigenvalue weighted by molar-refractivity contribution is 4.92. The zero-order chi connectivity index (χ0) is 8.72.